The lowest BCUT2D eigenvalue weighted by Gasteiger charge is -2.24. The van der Waals surface area contributed by atoms with Crippen LogP contribution in [0.4, 0.5) is 0 Å². The molecule has 3 nitrogen and oxygen atoms in total. The van der Waals surface area contributed by atoms with E-state index in [0.29, 0.717) is 0 Å². The van der Waals surface area contributed by atoms with Crippen LogP contribution in [0.5, 0.6) is 0 Å². The van der Waals surface area contributed by atoms with Gasteiger partial charge in [-0.15, -0.1) is 0 Å². The summed E-state index contributed by atoms with van der Waals surface area (Å²) in [7, 11) is 0. The zero-order chi connectivity index (χ0) is 16.9. The van der Waals surface area contributed by atoms with Gasteiger partial charge in [0.25, 0.3) is 5.91 Å². The van der Waals surface area contributed by atoms with E-state index in [1.807, 2.05) is 53.4 Å². The van der Waals surface area contributed by atoms with Gasteiger partial charge in [0.15, 0.2) is 6.04 Å². The lowest BCUT2D eigenvalue weighted by Crippen LogP contribution is -2.88. The Labute approximate surface area is 148 Å². The van der Waals surface area contributed by atoms with E-state index in [2.05, 4.69) is 18.3 Å². The number of amides is 1. The van der Waals surface area contributed by atoms with Gasteiger partial charge in [0.2, 0.25) is 0 Å². The molecule has 2 atom stereocenters. The number of benzene rings is 2. The second kappa shape index (κ2) is 7.82. The minimum absolute atomic E-state index is 0.153. The average Bonchev–Trinajstić information content (AvgIpc) is 3.14. The molecule has 0 saturated carbocycles. The van der Waals surface area contributed by atoms with Crippen LogP contribution in [0.2, 0.25) is 5.02 Å². The maximum absolute atomic E-state index is 13.0. The molecule has 24 heavy (non-hydrogen) atoms. The molecule has 1 heterocycles. The van der Waals surface area contributed by atoms with Crippen LogP contribution in [0.25, 0.3) is 0 Å². The number of likely N-dealkylation sites (tertiary alicyclic amines) is 1. The molecule has 126 valence electrons. The molecular weight excluding hydrogens is 320 g/mol. The number of hydrogen-bond donors (Lipinski definition) is 1. The van der Waals surface area contributed by atoms with Gasteiger partial charge in [-0.2, -0.15) is 0 Å². The van der Waals surface area contributed by atoms with Crippen LogP contribution in [0.3, 0.4) is 0 Å². The number of nitrogens with zero attached hydrogens (tertiary/aromatic N) is 1. The van der Waals surface area contributed by atoms with E-state index in [1.165, 1.54) is 0 Å². The van der Waals surface area contributed by atoms with Crippen molar-refractivity contribution in [3.8, 4) is 0 Å². The zero-order valence-corrected chi connectivity index (χ0v) is 14.7. The summed E-state index contributed by atoms with van der Waals surface area (Å²) >= 11 is 6.12. The second-order valence-corrected chi connectivity index (χ2v) is 6.89. The number of carbonyl (C=O) groups is 1. The second-order valence-electron chi connectivity index (χ2n) is 6.46. The Bertz CT molecular complexity index is 683. The normalized spacial score (nSPS) is 16.8. The predicted octanol–water partition coefficient (Wildman–Crippen LogP) is 3.33. The van der Waals surface area contributed by atoms with Crippen LogP contribution < -0.4 is 5.32 Å². The summed E-state index contributed by atoms with van der Waals surface area (Å²) in [5, 5.41) is 2.89. The Morgan fingerprint density at radius 3 is 2.38 bits per heavy atom. The highest BCUT2D eigenvalue weighted by molar-refractivity contribution is 6.30. The van der Waals surface area contributed by atoms with Crippen molar-refractivity contribution in [2.24, 2.45) is 0 Å². The zero-order valence-electron chi connectivity index (χ0n) is 14.0. The summed E-state index contributed by atoms with van der Waals surface area (Å²) in [6.07, 6.45) is 2.22. The minimum Gasteiger partial charge on any atom is -0.337 e. The molecule has 2 N–H and O–H groups in total. The first-order chi connectivity index (χ1) is 11.6. The van der Waals surface area contributed by atoms with Crippen molar-refractivity contribution in [1.82, 2.24) is 4.90 Å². The Kier molecular flexibility index (Phi) is 5.54. The van der Waals surface area contributed by atoms with Crippen LogP contribution >= 0.6 is 11.6 Å². The van der Waals surface area contributed by atoms with Gasteiger partial charge in [-0.05, 0) is 31.9 Å². The smallest absolute Gasteiger partial charge is 0.285 e. The van der Waals surface area contributed by atoms with Crippen molar-refractivity contribution in [3.63, 3.8) is 0 Å². The van der Waals surface area contributed by atoms with Crippen LogP contribution in [-0.2, 0) is 4.79 Å². The van der Waals surface area contributed by atoms with Crippen molar-refractivity contribution in [2.75, 3.05) is 13.1 Å². The van der Waals surface area contributed by atoms with Crippen molar-refractivity contribution < 1.29 is 10.1 Å². The first-order valence-corrected chi connectivity index (χ1v) is 8.97. The SMILES string of the molecule is C[C@H]([NH2+][C@@H](C(=O)N1CCCC1)c1ccccc1)c1cccc(Cl)c1. The molecule has 1 aliphatic rings. The monoisotopic (exact) mass is 343 g/mol. The summed E-state index contributed by atoms with van der Waals surface area (Å²) in [6.45, 7) is 3.88. The van der Waals surface area contributed by atoms with E-state index in [1.54, 1.807) is 0 Å². The fraction of sp³-hybridized carbons (Fsp3) is 0.350. The van der Waals surface area contributed by atoms with Crippen molar-refractivity contribution in [1.29, 1.82) is 0 Å². The molecular formula is C20H24ClN2O+. The van der Waals surface area contributed by atoms with Gasteiger partial charge in [0.1, 0.15) is 6.04 Å². The predicted molar refractivity (Wildman–Crippen MR) is 96.8 cm³/mol. The highest BCUT2D eigenvalue weighted by Crippen LogP contribution is 2.19. The largest absolute Gasteiger partial charge is 0.337 e. The molecule has 0 spiro atoms. The van der Waals surface area contributed by atoms with E-state index in [4.69, 9.17) is 11.6 Å². The molecule has 0 unspecified atom stereocenters. The molecule has 1 saturated heterocycles. The summed E-state index contributed by atoms with van der Waals surface area (Å²) in [5.74, 6) is 0.215. The lowest BCUT2D eigenvalue weighted by atomic mass is 10.0. The van der Waals surface area contributed by atoms with Gasteiger partial charge in [0.05, 0.1) is 0 Å². The maximum atomic E-state index is 13.0. The average molecular weight is 344 g/mol. The van der Waals surface area contributed by atoms with Crippen molar-refractivity contribution >= 4 is 17.5 Å². The molecule has 1 amide bonds. The Morgan fingerprint density at radius 2 is 1.71 bits per heavy atom. The van der Waals surface area contributed by atoms with Gasteiger partial charge >= 0.3 is 0 Å². The molecule has 0 radical (unpaired) electrons. The van der Waals surface area contributed by atoms with Gasteiger partial charge in [-0.3, -0.25) is 4.79 Å². The summed E-state index contributed by atoms with van der Waals surface area (Å²) in [5.41, 5.74) is 2.20. The molecule has 2 aromatic carbocycles. The quantitative estimate of drug-likeness (QED) is 0.888. The first-order valence-electron chi connectivity index (χ1n) is 8.59. The van der Waals surface area contributed by atoms with E-state index in [0.717, 1.165) is 42.1 Å². The lowest BCUT2D eigenvalue weighted by molar-refractivity contribution is -0.719. The summed E-state index contributed by atoms with van der Waals surface area (Å²) in [4.78, 5) is 15.0. The standard InChI is InChI=1S/C20H23ClN2O/c1-15(17-10-7-11-18(21)14-17)22-19(16-8-3-2-4-9-16)20(24)23-12-5-6-13-23/h2-4,7-11,14-15,19,22H,5-6,12-13H2,1H3/p+1/t15-,19+/m0/s1. The fourth-order valence-corrected chi connectivity index (χ4v) is 3.52. The number of nitrogens with two attached hydrogens (primary N) is 1. The van der Waals surface area contributed by atoms with E-state index in [-0.39, 0.29) is 18.0 Å². The number of hydrogen-bond acceptors (Lipinski definition) is 1. The molecule has 0 bridgehead atoms. The Balaban J connectivity index is 1.83. The van der Waals surface area contributed by atoms with Gasteiger partial charge < -0.3 is 10.2 Å². The molecule has 2 aromatic rings. The Morgan fingerprint density at radius 1 is 1.04 bits per heavy atom. The number of rotatable bonds is 5. The Hall–Kier alpha value is -1.84. The van der Waals surface area contributed by atoms with Gasteiger partial charge in [-0.25, -0.2) is 0 Å². The van der Waals surface area contributed by atoms with E-state index >= 15 is 0 Å². The minimum atomic E-state index is -0.210. The molecule has 0 aromatic heterocycles. The molecule has 4 heteroatoms. The highest BCUT2D eigenvalue weighted by Gasteiger charge is 2.32. The fourth-order valence-electron chi connectivity index (χ4n) is 3.32. The summed E-state index contributed by atoms with van der Waals surface area (Å²) in [6, 6.07) is 17.9. The number of halogens is 1. The number of quaternary nitrogens is 1. The first kappa shape index (κ1) is 17.0. The van der Waals surface area contributed by atoms with E-state index < -0.39 is 0 Å². The van der Waals surface area contributed by atoms with Crippen LogP contribution in [0.1, 0.15) is 43.0 Å². The topological polar surface area (TPSA) is 36.9 Å². The molecule has 1 fully saturated rings. The third kappa shape index (κ3) is 3.97. The van der Waals surface area contributed by atoms with Crippen LogP contribution in [0.15, 0.2) is 54.6 Å². The third-order valence-electron chi connectivity index (χ3n) is 4.70. The van der Waals surface area contributed by atoms with E-state index in [9.17, 15) is 4.79 Å². The molecule has 1 aliphatic heterocycles. The van der Waals surface area contributed by atoms with Crippen LogP contribution in [0, 0.1) is 0 Å². The van der Waals surface area contributed by atoms with Crippen LogP contribution in [-0.4, -0.2) is 23.9 Å². The van der Waals surface area contributed by atoms with Crippen molar-refractivity contribution in [2.45, 2.75) is 31.8 Å². The maximum Gasteiger partial charge on any atom is 0.285 e. The highest BCUT2D eigenvalue weighted by atomic mass is 35.5. The van der Waals surface area contributed by atoms with Crippen molar-refractivity contribution in [3.05, 3.63) is 70.7 Å². The third-order valence-corrected chi connectivity index (χ3v) is 4.93. The molecule has 3 rings (SSSR count). The number of carbonyl (C=O) groups excluding carboxylic acids is 1. The molecule has 0 aliphatic carbocycles. The van der Waals surface area contributed by atoms with Gasteiger partial charge in [0, 0.05) is 29.2 Å². The summed E-state index contributed by atoms with van der Waals surface area (Å²) < 4.78 is 0. The van der Waals surface area contributed by atoms with Gasteiger partial charge in [-0.1, -0.05) is 54.1 Å².